The van der Waals surface area contributed by atoms with Gasteiger partial charge in [0, 0.05) is 31.6 Å². The third-order valence-electron chi connectivity index (χ3n) is 5.45. The second-order valence-corrected chi connectivity index (χ2v) is 7.85. The molecule has 1 unspecified atom stereocenters. The number of aryl methyl sites for hydroxylation is 2. The lowest BCUT2D eigenvalue weighted by atomic mass is 10.0. The average Bonchev–Trinajstić information content (AvgIpc) is 2.76. The Morgan fingerprint density at radius 3 is 2.45 bits per heavy atom. The fourth-order valence-corrected chi connectivity index (χ4v) is 3.37. The summed E-state index contributed by atoms with van der Waals surface area (Å²) in [7, 11) is 0. The van der Waals surface area contributed by atoms with E-state index < -0.39 is 0 Å². The zero-order chi connectivity index (χ0) is 22.2. The van der Waals surface area contributed by atoms with E-state index in [1.165, 1.54) is 11.1 Å². The maximum atomic E-state index is 12.3. The molecule has 3 amide bonds. The maximum absolute atomic E-state index is 12.3. The first-order valence-electron chi connectivity index (χ1n) is 10.6. The Kier molecular flexibility index (Phi) is 7.65. The minimum absolute atomic E-state index is 0.102. The molecule has 1 aliphatic rings. The highest BCUT2D eigenvalue weighted by Crippen LogP contribution is 2.17. The zero-order valence-corrected chi connectivity index (χ0v) is 18.4. The standard InChI is InChI=1S/C24H30N4O3/c1-17-9-10-20(15-18(17)2)19(3)25-23(29)16-31-27-22-11-13-28(14-12-22)24(30)26-21-7-5-4-6-8-21/h4-10,15,19H,11-14,16H2,1-3H3,(H,25,29)(H,26,30). The molecule has 0 bridgehead atoms. The number of urea groups is 1. The number of carbonyl (C=O) groups is 2. The number of oxime groups is 1. The van der Waals surface area contributed by atoms with Crippen molar-refractivity contribution in [1.82, 2.24) is 10.2 Å². The summed E-state index contributed by atoms with van der Waals surface area (Å²) in [6.07, 6.45) is 1.26. The van der Waals surface area contributed by atoms with Gasteiger partial charge in [-0.25, -0.2) is 4.79 Å². The third kappa shape index (κ3) is 6.57. The molecule has 0 aromatic heterocycles. The molecule has 2 aromatic carbocycles. The van der Waals surface area contributed by atoms with Gasteiger partial charge in [-0.15, -0.1) is 0 Å². The Bertz CT molecular complexity index is 933. The molecule has 0 radical (unpaired) electrons. The number of nitrogens with zero attached hydrogens (tertiary/aromatic N) is 2. The quantitative estimate of drug-likeness (QED) is 0.685. The smallest absolute Gasteiger partial charge is 0.321 e. The minimum atomic E-state index is -0.213. The first-order chi connectivity index (χ1) is 14.9. The number of amides is 3. The number of hydrogen-bond acceptors (Lipinski definition) is 4. The van der Waals surface area contributed by atoms with Crippen molar-refractivity contribution in [2.45, 2.75) is 39.7 Å². The summed E-state index contributed by atoms with van der Waals surface area (Å²) in [5, 5.41) is 9.92. The van der Waals surface area contributed by atoms with Gasteiger partial charge in [-0.1, -0.05) is 41.6 Å². The van der Waals surface area contributed by atoms with E-state index in [1.807, 2.05) is 43.3 Å². The van der Waals surface area contributed by atoms with Gasteiger partial charge in [0.25, 0.3) is 5.91 Å². The Labute approximate surface area is 183 Å². The third-order valence-corrected chi connectivity index (χ3v) is 5.45. The molecule has 1 atom stereocenters. The van der Waals surface area contributed by atoms with E-state index in [1.54, 1.807) is 4.90 Å². The van der Waals surface area contributed by atoms with Crippen LogP contribution in [0.2, 0.25) is 0 Å². The van der Waals surface area contributed by atoms with Crippen molar-refractivity contribution < 1.29 is 14.4 Å². The number of hydrogen-bond donors (Lipinski definition) is 2. The highest BCUT2D eigenvalue weighted by atomic mass is 16.6. The first kappa shape index (κ1) is 22.3. The normalized spacial score (nSPS) is 14.5. The van der Waals surface area contributed by atoms with Crippen LogP contribution >= 0.6 is 0 Å². The van der Waals surface area contributed by atoms with Gasteiger partial charge in [0.1, 0.15) is 0 Å². The molecule has 0 aliphatic carbocycles. The fourth-order valence-electron chi connectivity index (χ4n) is 3.37. The lowest BCUT2D eigenvalue weighted by molar-refractivity contribution is -0.126. The van der Waals surface area contributed by atoms with Crippen LogP contribution in [0.5, 0.6) is 0 Å². The van der Waals surface area contributed by atoms with Crippen LogP contribution in [0.1, 0.15) is 42.5 Å². The van der Waals surface area contributed by atoms with Crippen molar-refractivity contribution in [3.8, 4) is 0 Å². The van der Waals surface area contributed by atoms with E-state index in [0.717, 1.165) is 17.0 Å². The van der Waals surface area contributed by atoms with Crippen molar-refractivity contribution in [3.63, 3.8) is 0 Å². The number of piperidine rings is 1. The van der Waals surface area contributed by atoms with E-state index >= 15 is 0 Å². The van der Waals surface area contributed by atoms with Crippen LogP contribution in [0, 0.1) is 13.8 Å². The average molecular weight is 423 g/mol. The lowest BCUT2D eigenvalue weighted by Crippen LogP contribution is -2.41. The Hall–Kier alpha value is -3.35. The molecule has 1 fully saturated rings. The zero-order valence-electron chi connectivity index (χ0n) is 18.4. The Morgan fingerprint density at radius 2 is 1.77 bits per heavy atom. The topological polar surface area (TPSA) is 83.0 Å². The predicted molar refractivity (Wildman–Crippen MR) is 122 cm³/mol. The summed E-state index contributed by atoms with van der Waals surface area (Å²) < 4.78 is 0. The van der Waals surface area contributed by atoms with Gasteiger partial charge in [-0.3, -0.25) is 4.79 Å². The van der Waals surface area contributed by atoms with Crippen LogP contribution < -0.4 is 10.6 Å². The van der Waals surface area contributed by atoms with Crippen molar-refractivity contribution in [3.05, 3.63) is 65.2 Å². The van der Waals surface area contributed by atoms with E-state index in [2.05, 4.69) is 41.8 Å². The Morgan fingerprint density at radius 1 is 1.06 bits per heavy atom. The van der Waals surface area contributed by atoms with Crippen LogP contribution in [-0.4, -0.2) is 42.2 Å². The highest BCUT2D eigenvalue weighted by Gasteiger charge is 2.20. The summed E-state index contributed by atoms with van der Waals surface area (Å²) in [6.45, 7) is 7.08. The molecule has 0 spiro atoms. The van der Waals surface area contributed by atoms with Gasteiger partial charge in [0.2, 0.25) is 0 Å². The van der Waals surface area contributed by atoms with Gasteiger partial charge in [0.05, 0.1) is 11.8 Å². The van der Waals surface area contributed by atoms with Crippen LogP contribution in [0.25, 0.3) is 0 Å². The summed E-state index contributed by atoms with van der Waals surface area (Å²) in [4.78, 5) is 31.5. The molecule has 1 saturated heterocycles. The van der Waals surface area contributed by atoms with Gasteiger partial charge in [-0.2, -0.15) is 0 Å². The van der Waals surface area contributed by atoms with E-state index in [-0.39, 0.29) is 24.6 Å². The molecule has 0 saturated carbocycles. The number of benzene rings is 2. The van der Waals surface area contributed by atoms with E-state index in [9.17, 15) is 9.59 Å². The van der Waals surface area contributed by atoms with Crippen molar-refractivity contribution >= 4 is 23.3 Å². The SMILES string of the molecule is Cc1ccc(C(C)NC(=O)CON=C2CCN(C(=O)Nc3ccccc3)CC2)cc1C. The summed E-state index contributed by atoms with van der Waals surface area (Å²) in [5.74, 6) is -0.213. The molecule has 7 nitrogen and oxygen atoms in total. The molecule has 31 heavy (non-hydrogen) atoms. The van der Waals surface area contributed by atoms with E-state index in [4.69, 9.17) is 4.84 Å². The molecule has 164 valence electrons. The number of carbonyl (C=O) groups excluding carboxylic acids is 2. The minimum Gasteiger partial charge on any atom is -0.386 e. The molecular weight excluding hydrogens is 392 g/mol. The second-order valence-electron chi connectivity index (χ2n) is 7.85. The Balaban J connectivity index is 1.39. The predicted octanol–water partition coefficient (Wildman–Crippen LogP) is 4.18. The highest BCUT2D eigenvalue weighted by molar-refractivity contribution is 5.92. The van der Waals surface area contributed by atoms with Crippen LogP contribution in [0.15, 0.2) is 53.7 Å². The molecule has 2 aromatic rings. The molecule has 2 N–H and O–H groups in total. The largest absolute Gasteiger partial charge is 0.386 e. The molecular formula is C24H30N4O3. The molecule has 3 rings (SSSR count). The first-order valence-corrected chi connectivity index (χ1v) is 10.6. The second kappa shape index (κ2) is 10.6. The lowest BCUT2D eigenvalue weighted by Gasteiger charge is -2.27. The number of nitrogens with one attached hydrogen (secondary N) is 2. The maximum Gasteiger partial charge on any atom is 0.321 e. The molecule has 1 aliphatic heterocycles. The number of rotatable bonds is 6. The van der Waals surface area contributed by atoms with Crippen LogP contribution in [0.4, 0.5) is 10.5 Å². The van der Waals surface area contributed by atoms with Gasteiger partial charge < -0.3 is 20.4 Å². The van der Waals surface area contributed by atoms with Crippen LogP contribution in [-0.2, 0) is 9.63 Å². The van der Waals surface area contributed by atoms with Crippen molar-refractivity contribution in [1.29, 1.82) is 0 Å². The molecule has 1 heterocycles. The van der Waals surface area contributed by atoms with Crippen molar-refractivity contribution in [2.75, 3.05) is 25.0 Å². The van der Waals surface area contributed by atoms with Gasteiger partial charge in [0.15, 0.2) is 6.61 Å². The number of para-hydroxylation sites is 1. The molecule has 7 heteroatoms. The number of likely N-dealkylation sites (tertiary alicyclic amines) is 1. The van der Waals surface area contributed by atoms with Gasteiger partial charge >= 0.3 is 6.03 Å². The summed E-state index contributed by atoms with van der Waals surface area (Å²) in [6, 6.07) is 15.3. The summed E-state index contributed by atoms with van der Waals surface area (Å²) in [5.41, 5.74) is 5.12. The van der Waals surface area contributed by atoms with E-state index in [0.29, 0.717) is 25.9 Å². The number of anilines is 1. The van der Waals surface area contributed by atoms with Gasteiger partial charge in [-0.05, 0) is 49.6 Å². The monoisotopic (exact) mass is 422 g/mol. The van der Waals surface area contributed by atoms with Crippen molar-refractivity contribution in [2.24, 2.45) is 5.16 Å². The fraction of sp³-hybridized carbons (Fsp3) is 0.375. The summed E-state index contributed by atoms with van der Waals surface area (Å²) >= 11 is 0. The van der Waals surface area contributed by atoms with Crippen LogP contribution in [0.3, 0.4) is 0 Å².